The molecule has 0 fully saturated rings. The zero-order valence-electron chi connectivity index (χ0n) is 10.2. The fraction of sp³-hybridized carbons (Fsp3) is 0.417. The summed E-state index contributed by atoms with van der Waals surface area (Å²) < 4.78 is 3.36. The van der Waals surface area contributed by atoms with Crippen molar-refractivity contribution in [2.24, 2.45) is 0 Å². The van der Waals surface area contributed by atoms with Crippen molar-refractivity contribution in [1.29, 1.82) is 0 Å². The summed E-state index contributed by atoms with van der Waals surface area (Å²) in [6, 6.07) is 4.23. The Labute approximate surface area is 114 Å². The highest BCUT2D eigenvalue weighted by atomic mass is 79.9. The van der Waals surface area contributed by atoms with E-state index >= 15 is 0 Å². The first-order valence-corrected chi connectivity index (χ1v) is 7.07. The maximum atomic E-state index is 4.26. The third-order valence-electron chi connectivity index (χ3n) is 2.93. The summed E-state index contributed by atoms with van der Waals surface area (Å²) >= 11 is 5.25. The Kier molecular flexibility index (Phi) is 3.70. The van der Waals surface area contributed by atoms with Gasteiger partial charge in [0.05, 0.1) is 34.1 Å². The summed E-state index contributed by atoms with van der Waals surface area (Å²) in [5.41, 5.74) is 1.13. The predicted molar refractivity (Wildman–Crippen MR) is 75.4 cm³/mol. The molecule has 0 bridgehead atoms. The van der Waals surface area contributed by atoms with Crippen molar-refractivity contribution in [2.75, 3.05) is 7.05 Å². The molecule has 5 heteroatoms. The lowest BCUT2D eigenvalue weighted by Gasteiger charge is -2.25. The molecule has 0 aliphatic carbocycles. The van der Waals surface area contributed by atoms with E-state index in [1.165, 1.54) is 14.4 Å². The van der Waals surface area contributed by atoms with Crippen LogP contribution in [0.5, 0.6) is 0 Å². The standard InChI is InChI=1S/C12H16BrN3S/c1-12(2,14-3)10-6-15-8-16(10)7-9-4-5-11(13)17-9/h4-6,8,14H,7H2,1-3H3. The smallest absolute Gasteiger partial charge is 0.0952 e. The van der Waals surface area contributed by atoms with Gasteiger partial charge in [-0.05, 0) is 49.0 Å². The van der Waals surface area contributed by atoms with Crippen LogP contribution in [0.2, 0.25) is 0 Å². The third kappa shape index (κ3) is 2.78. The van der Waals surface area contributed by atoms with E-state index in [0.717, 1.165) is 6.54 Å². The molecule has 0 aliphatic heterocycles. The Hall–Kier alpha value is -0.650. The molecule has 2 aromatic rings. The van der Waals surface area contributed by atoms with Gasteiger partial charge in [-0.3, -0.25) is 0 Å². The first kappa shape index (κ1) is 12.8. The van der Waals surface area contributed by atoms with Crippen LogP contribution in [0, 0.1) is 0 Å². The second kappa shape index (κ2) is 4.92. The molecule has 0 amide bonds. The van der Waals surface area contributed by atoms with Crippen LogP contribution >= 0.6 is 27.3 Å². The van der Waals surface area contributed by atoms with Gasteiger partial charge >= 0.3 is 0 Å². The number of nitrogens with zero attached hydrogens (tertiary/aromatic N) is 2. The fourth-order valence-corrected chi connectivity index (χ4v) is 3.18. The summed E-state index contributed by atoms with van der Waals surface area (Å²) in [6.07, 6.45) is 3.82. The van der Waals surface area contributed by atoms with E-state index in [-0.39, 0.29) is 5.54 Å². The van der Waals surface area contributed by atoms with Crippen LogP contribution in [-0.2, 0) is 12.1 Å². The molecule has 0 saturated carbocycles. The molecule has 1 N–H and O–H groups in total. The maximum absolute atomic E-state index is 4.26. The van der Waals surface area contributed by atoms with Crippen LogP contribution in [0.1, 0.15) is 24.4 Å². The lowest BCUT2D eigenvalue weighted by Crippen LogP contribution is -2.35. The van der Waals surface area contributed by atoms with Crippen molar-refractivity contribution >= 4 is 27.3 Å². The number of nitrogens with one attached hydrogen (secondary N) is 1. The molecule has 0 spiro atoms. The molecule has 0 aromatic carbocycles. The minimum absolute atomic E-state index is 0.0645. The van der Waals surface area contributed by atoms with Crippen LogP contribution in [0.4, 0.5) is 0 Å². The summed E-state index contributed by atoms with van der Waals surface area (Å²) in [4.78, 5) is 5.58. The average Bonchev–Trinajstić information content (AvgIpc) is 2.89. The zero-order valence-corrected chi connectivity index (χ0v) is 12.6. The van der Waals surface area contributed by atoms with Crippen molar-refractivity contribution in [2.45, 2.75) is 25.9 Å². The fourth-order valence-electron chi connectivity index (χ4n) is 1.70. The van der Waals surface area contributed by atoms with Gasteiger partial charge in [0.2, 0.25) is 0 Å². The Morgan fingerprint density at radius 3 is 2.82 bits per heavy atom. The van der Waals surface area contributed by atoms with Gasteiger partial charge < -0.3 is 9.88 Å². The number of aromatic nitrogens is 2. The van der Waals surface area contributed by atoms with Crippen molar-refractivity contribution in [3.63, 3.8) is 0 Å². The zero-order chi connectivity index (χ0) is 12.5. The van der Waals surface area contributed by atoms with Crippen LogP contribution in [-0.4, -0.2) is 16.6 Å². The topological polar surface area (TPSA) is 29.9 Å². The Morgan fingerprint density at radius 2 is 2.24 bits per heavy atom. The SMILES string of the molecule is CNC(C)(C)c1cncn1Cc1ccc(Br)s1. The number of imidazole rings is 1. The van der Waals surface area contributed by atoms with Gasteiger partial charge in [-0.15, -0.1) is 11.3 Å². The van der Waals surface area contributed by atoms with Crippen LogP contribution in [0.15, 0.2) is 28.4 Å². The highest BCUT2D eigenvalue weighted by Gasteiger charge is 2.22. The molecule has 2 heterocycles. The van der Waals surface area contributed by atoms with Crippen LogP contribution < -0.4 is 5.32 Å². The van der Waals surface area contributed by atoms with Gasteiger partial charge in [0.25, 0.3) is 0 Å². The first-order valence-electron chi connectivity index (χ1n) is 5.46. The lowest BCUT2D eigenvalue weighted by molar-refractivity contribution is 0.414. The summed E-state index contributed by atoms with van der Waals surface area (Å²) in [5, 5.41) is 3.31. The van der Waals surface area contributed by atoms with Gasteiger partial charge in [-0.2, -0.15) is 0 Å². The maximum Gasteiger partial charge on any atom is 0.0952 e. The molecule has 0 aliphatic rings. The van der Waals surface area contributed by atoms with Crippen molar-refractivity contribution in [1.82, 2.24) is 14.9 Å². The third-order valence-corrected chi connectivity index (χ3v) is 4.54. The van der Waals surface area contributed by atoms with Crippen molar-refractivity contribution in [3.05, 3.63) is 39.0 Å². The highest BCUT2D eigenvalue weighted by molar-refractivity contribution is 9.11. The van der Waals surface area contributed by atoms with Gasteiger partial charge in [0, 0.05) is 4.88 Å². The monoisotopic (exact) mass is 313 g/mol. The van der Waals surface area contributed by atoms with Gasteiger partial charge in [0.15, 0.2) is 0 Å². The van der Waals surface area contributed by atoms with E-state index in [9.17, 15) is 0 Å². The van der Waals surface area contributed by atoms with Gasteiger partial charge in [-0.25, -0.2) is 4.98 Å². The number of hydrogen-bond donors (Lipinski definition) is 1. The number of rotatable bonds is 4. The van der Waals surface area contributed by atoms with E-state index in [4.69, 9.17) is 0 Å². The van der Waals surface area contributed by atoms with E-state index in [2.05, 4.69) is 56.8 Å². The molecule has 2 aromatic heterocycles. The minimum atomic E-state index is -0.0645. The van der Waals surface area contributed by atoms with E-state index < -0.39 is 0 Å². The minimum Gasteiger partial charge on any atom is -0.328 e. The number of thiophene rings is 1. The average molecular weight is 314 g/mol. The Morgan fingerprint density at radius 1 is 1.47 bits per heavy atom. The Balaban J connectivity index is 2.26. The molecule has 0 saturated heterocycles. The normalized spacial score (nSPS) is 12.0. The number of hydrogen-bond acceptors (Lipinski definition) is 3. The van der Waals surface area contributed by atoms with E-state index in [0.29, 0.717) is 0 Å². The van der Waals surface area contributed by atoms with E-state index in [1.807, 2.05) is 19.6 Å². The molecule has 92 valence electrons. The van der Waals surface area contributed by atoms with Crippen molar-refractivity contribution in [3.8, 4) is 0 Å². The molecule has 0 radical (unpaired) electrons. The molecule has 0 unspecified atom stereocenters. The van der Waals surface area contributed by atoms with Gasteiger partial charge in [-0.1, -0.05) is 0 Å². The predicted octanol–water partition coefficient (Wildman–Crippen LogP) is 3.21. The van der Waals surface area contributed by atoms with Crippen molar-refractivity contribution < 1.29 is 0 Å². The summed E-state index contributed by atoms with van der Waals surface area (Å²) in [6.45, 7) is 5.19. The molecule has 3 nitrogen and oxygen atoms in total. The van der Waals surface area contributed by atoms with Crippen LogP contribution in [0.25, 0.3) is 0 Å². The largest absolute Gasteiger partial charge is 0.328 e. The second-order valence-electron chi connectivity index (χ2n) is 4.49. The second-order valence-corrected chi connectivity index (χ2v) is 7.04. The summed E-state index contributed by atoms with van der Waals surface area (Å²) in [7, 11) is 1.97. The first-order chi connectivity index (χ1) is 8.03. The molecule has 0 atom stereocenters. The molecular formula is C12H16BrN3S. The molecular weight excluding hydrogens is 298 g/mol. The quantitative estimate of drug-likeness (QED) is 0.939. The molecule has 2 rings (SSSR count). The summed E-state index contributed by atoms with van der Waals surface area (Å²) in [5.74, 6) is 0. The van der Waals surface area contributed by atoms with Crippen LogP contribution in [0.3, 0.4) is 0 Å². The molecule has 17 heavy (non-hydrogen) atoms. The Bertz CT molecular complexity index is 501. The van der Waals surface area contributed by atoms with E-state index in [1.54, 1.807) is 11.3 Å². The highest BCUT2D eigenvalue weighted by Crippen LogP contribution is 2.25. The number of halogens is 1. The van der Waals surface area contributed by atoms with Gasteiger partial charge in [0.1, 0.15) is 0 Å². The lowest BCUT2D eigenvalue weighted by atomic mass is 10.0.